The van der Waals surface area contributed by atoms with E-state index in [1.807, 2.05) is 18.9 Å². The van der Waals surface area contributed by atoms with E-state index in [2.05, 4.69) is 31.6 Å². The number of carbonyl (C=O) groups excluding carboxylic acids is 1. The molecule has 15 heteroatoms. The summed E-state index contributed by atoms with van der Waals surface area (Å²) in [5.74, 6) is -0.751. The molecule has 0 aliphatic carbocycles. The molecule has 2 fully saturated rings. The van der Waals surface area contributed by atoms with E-state index in [0.29, 0.717) is 38.3 Å². The predicted molar refractivity (Wildman–Crippen MR) is 164 cm³/mol. The lowest BCUT2D eigenvalue weighted by molar-refractivity contribution is -0.126. The number of aromatic amines is 1. The van der Waals surface area contributed by atoms with Crippen molar-refractivity contribution < 1.29 is 17.6 Å². The van der Waals surface area contributed by atoms with Crippen molar-refractivity contribution in [3.63, 3.8) is 0 Å². The van der Waals surface area contributed by atoms with Gasteiger partial charge in [-0.15, -0.1) is 0 Å². The maximum absolute atomic E-state index is 15.9. The number of carbonyl (C=O) groups is 1. The highest BCUT2D eigenvalue weighted by molar-refractivity contribution is 7.90. The SMILES string of the molecule is C=CC(=O)N1CCN(c2nc(=O)n(-c3c(C4CN(C)C4)cccc3S(C)(=O)=O)c3nc(-c4cn[nH]c4N)c(F)cc23)[C@@H](C)C1. The van der Waals surface area contributed by atoms with E-state index in [4.69, 9.17) is 5.73 Å². The normalized spacial score (nSPS) is 18.0. The first-order valence-corrected chi connectivity index (χ1v) is 15.9. The van der Waals surface area contributed by atoms with E-state index in [-0.39, 0.29) is 62.4 Å². The largest absolute Gasteiger partial charge is 0.384 e. The summed E-state index contributed by atoms with van der Waals surface area (Å²) in [6, 6.07) is 5.83. The van der Waals surface area contributed by atoms with Gasteiger partial charge in [0.25, 0.3) is 0 Å². The molecule has 0 spiro atoms. The molecular formula is C29H32FN9O4S. The van der Waals surface area contributed by atoms with E-state index < -0.39 is 21.3 Å². The van der Waals surface area contributed by atoms with E-state index in [1.165, 1.54) is 29.0 Å². The highest BCUT2D eigenvalue weighted by Gasteiger charge is 2.34. The summed E-state index contributed by atoms with van der Waals surface area (Å²) in [4.78, 5) is 41.0. The Morgan fingerprint density at radius 3 is 2.57 bits per heavy atom. The second kappa shape index (κ2) is 10.8. The fourth-order valence-electron chi connectivity index (χ4n) is 6.10. The molecular weight excluding hydrogens is 589 g/mol. The Morgan fingerprint density at radius 1 is 1.20 bits per heavy atom. The molecule has 1 aromatic carbocycles. The molecule has 0 unspecified atom stereocenters. The number of hydrogen-bond acceptors (Lipinski definition) is 10. The number of nitrogens with zero attached hydrogens (tertiary/aromatic N) is 7. The van der Waals surface area contributed by atoms with Crippen LogP contribution in [0.5, 0.6) is 0 Å². The van der Waals surface area contributed by atoms with Crippen molar-refractivity contribution in [3.05, 3.63) is 65.0 Å². The zero-order chi connectivity index (χ0) is 31.5. The number of anilines is 2. The van der Waals surface area contributed by atoms with Crippen LogP contribution in [0.2, 0.25) is 0 Å². The van der Waals surface area contributed by atoms with Crippen LogP contribution in [-0.4, -0.2) is 101 Å². The lowest BCUT2D eigenvalue weighted by atomic mass is 9.90. The molecule has 230 valence electrons. The standard InChI is InChI=1S/C29H32FN9O4S/c1-5-23(40)37-9-10-38(16(2)13-37)27-19-11-21(30)24(20-12-32-35-26(20)31)33-28(19)39(29(41)34-27)25-18(17-14-36(3)15-17)7-6-8-22(25)44(4,42)43/h5-8,11-12,16-17H,1,9-10,13-15H2,2-4H3,(H3,31,32,35)/t16-/m0/s1. The molecule has 1 amide bonds. The van der Waals surface area contributed by atoms with Gasteiger partial charge in [0.2, 0.25) is 5.91 Å². The number of piperazine rings is 1. The Hall–Kier alpha value is -4.63. The molecule has 13 nitrogen and oxygen atoms in total. The lowest BCUT2D eigenvalue weighted by Gasteiger charge is -2.40. The number of rotatable bonds is 6. The van der Waals surface area contributed by atoms with Gasteiger partial charge < -0.3 is 20.4 Å². The summed E-state index contributed by atoms with van der Waals surface area (Å²) in [5.41, 5.74) is 6.07. The van der Waals surface area contributed by atoms with Crippen molar-refractivity contribution >= 4 is 38.4 Å². The summed E-state index contributed by atoms with van der Waals surface area (Å²) in [6.07, 6.45) is 3.65. The van der Waals surface area contributed by atoms with E-state index in [0.717, 1.165) is 6.26 Å². The molecule has 44 heavy (non-hydrogen) atoms. The van der Waals surface area contributed by atoms with Crippen LogP contribution in [0.3, 0.4) is 0 Å². The third kappa shape index (κ3) is 4.91. The number of H-pyrrole nitrogens is 1. The molecule has 2 aliphatic heterocycles. The second-order valence-corrected chi connectivity index (χ2v) is 13.3. The van der Waals surface area contributed by atoms with Gasteiger partial charge in [0.15, 0.2) is 21.3 Å². The smallest absolute Gasteiger partial charge is 0.355 e. The first-order chi connectivity index (χ1) is 20.9. The number of amides is 1. The number of likely N-dealkylation sites (tertiary alicyclic amines) is 1. The van der Waals surface area contributed by atoms with E-state index >= 15 is 4.39 Å². The summed E-state index contributed by atoms with van der Waals surface area (Å²) >= 11 is 0. The topological polar surface area (TPSA) is 163 Å². The molecule has 0 radical (unpaired) electrons. The van der Waals surface area contributed by atoms with Crippen LogP contribution in [0, 0.1) is 5.82 Å². The molecule has 1 atom stereocenters. The maximum Gasteiger partial charge on any atom is 0.355 e. The summed E-state index contributed by atoms with van der Waals surface area (Å²) in [7, 11) is -1.89. The Kier molecular flexibility index (Phi) is 7.24. The van der Waals surface area contributed by atoms with Crippen LogP contribution in [0.15, 0.2) is 52.8 Å². The molecule has 3 aromatic heterocycles. The molecule has 2 aliphatic rings. The van der Waals surface area contributed by atoms with Gasteiger partial charge in [-0.25, -0.2) is 27.2 Å². The van der Waals surface area contributed by atoms with E-state index in [9.17, 15) is 18.0 Å². The Labute approximate surface area is 252 Å². The van der Waals surface area contributed by atoms with Gasteiger partial charge in [-0.2, -0.15) is 10.1 Å². The zero-order valence-corrected chi connectivity index (χ0v) is 25.3. The Bertz CT molecular complexity index is 1980. The van der Waals surface area contributed by atoms with Gasteiger partial charge in [0, 0.05) is 50.9 Å². The van der Waals surface area contributed by atoms with Gasteiger partial charge in [-0.1, -0.05) is 18.7 Å². The number of para-hydroxylation sites is 1. The quantitative estimate of drug-likeness (QED) is 0.302. The number of likely N-dealkylation sites (N-methyl/N-ethyl adjacent to an activating group) is 1. The number of pyridine rings is 1. The monoisotopic (exact) mass is 621 g/mol. The lowest BCUT2D eigenvalue weighted by Crippen LogP contribution is -2.54. The Morgan fingerprint density at radius 2 is 1.95 bits per heavy atom. The van der Waals surface area contributed by atoms with Crippen molar-refractivity contribution in [2.45, 2.75) is 23.8 Å². The van der Waals surface area contributed by atoms with E-state index in [1.54, 1.807) is 17.0 Å². The van der Waals surface area contributed by atoms with Crippen LogP contribution in [0.1, 0.15) is 18.4 Å². The summed E-state index contributed by atoms with van der Waals surface area (Å²) < 4.78 is 43.3. The molecule has 4 aromatic rings. The van der Waals surface area contributed by atoms with Crippen molar-refractivity contribution in [2.75, 3.05) is 56.7 Å². The number of hydrogen-bond donors (Lipinski definition) is 2. The average molecular weight is 622 g/mol. The van der Waals surface area contributed by atoms with Crippen molar-refractivity contribution in [3.8, 4) is 16.9 Å². The number of nitrogens with one attached hydrogen (secondary N) is 1. The zero-order valence-electron chi connectivity index (χ0n) is 24.5. The number of aromatic nitrogens is 5. The number of halogens is 1. The van der Waals surface area contributed by atoms with Crippen LogP contribution < -0.4 is 16.3 Å². The number of nitrogen functional groups attached to an aromatic ring is 1. The van der Waals surface area contributed by atoms with Gasteiger partial charge in [-0.3, -0.25) is 9.89 Å². The van der Waals surface area contributed by atoms with Gasteiger partial charge in [-0.05, 0) is 37.7 Å². The number of sulfone groups is 1. The summed E-state index contributed by atoms with van der Waals surface area (Å²) in [5, 5.41) is 6.65. The fourth-order valence-corrected chi connectivity index (χ4v) is 6.99. The predicted octanol–water partition coefficient (Wildman–Crippen LogP) is 1.55. The minimum Gasteiger partial charge on any atom is -0.384 e. The van der Waals surface area contributed by atoms with Gasteiger partial charge >= 0.3 is 5.69 Å². The van der Waals surface area contributed by atoms with Crippen LogP contribution in [0.25, 0.3) is 28.0 Å². The molecule has 0 saturated carbocycles. The first kappa shape index (κ1) is 29.4. The average Bonchev–Trinajstić information content (AvgIpc) is 3.39. The number of fused-ring (bicyclic) bond motifs is 1. The van der Waals surface area contributed by atoms with Crippen molar-refractivity contribution in [2.24, 2.45) is 0 Å². The minimum atomic E-state index is -3.84. The highest BCUT2D eigenvalue weighted by atomic mass is 32.2. The van der Waals surface area contributed by atoms with Crippen LogP contribution >= 0.6 is 0 Å². The third-order valence-corrected chi connectivity index (χ3v) is 9.40. The summed E-state index contributed by atoms with van der Waals surface area (Å²) in [6.45, 7) is 7.71. The fraction of sp³-hybridized carbons (Fsp3) is 0.345. The minimum absolute atomic E-state index is 0.0128. The number of nitrogens with two attached hydrogens (primary N) is 1. The molecule has 6 rings (SSSR count). The van der Waals surface area contributed by atoms with Gasteiger partial charge in [0.1, 0.15) is 17.3 Å². The highest BCUT2D eigenvalue weighted by Crippen LogP contribution is 2.37. The molecule has 3 N–H and O–H groups in total. The van der Waals surface area contributed by atoms with Crippen LogP contribution in [0.4, 0.5) is 16.0 Å². The van der Waals surface area contributed by atoms with Crippen molar-refractivity contribution in [1.29, 1.82) is 0 Å². The first-order valence-electron chi connectivity index (χ1n) is 14.0. The molecule has 0 bridgehead atoms. The molecule has 2 saturated heterocycles. The van der Waals surface area contributed by atoms with Crippen molar-refractivity contribution in [1.82, 2.24) is 34.5 Å². The second-order valence-electron chi connectivity index (χ2n) is 11.4. The van der Waals surface area contributed by atoms with Crippen LogP contribution in [-0.2, 0) is 14.6 Å². The Balaban J connectivity index is 1.66. The molecule has 5 heterocycles. The third-order valence-electron chi connectivity index (χ3n) is 8.27. The van der Waals surface area contributed by atoms with Gasteiger partial charge in [0.05, 0.1) is 27.7 Å². The maximum atomic E-state index is 15.9. The number of benzene rings is 1.